The van der Waals surface area contributed by atoms with Crippen molar-refractivity contribution >= 4 is 11.9 Å². The van der Waals surface area contributed by atoms with Crippen LogP contribution in [-0.4, -0.2) is 24.0 Å². The summed E-state index contributed by atoms with van der Waals surface area (Å²) in [6, 6.07) is -0.973. The Hall–Kier alpha value is -1.10. The zero-order valence-corrected chi connectivity index (χ0v) is 8.26. The molecule has 0 spiro atoms. The lowest BCUT2D eigenvalue weighted by atomic mass is 10.2. The predicted octanol–water partition coefficient (Wildman–Crippen LogP) is -0.0421. The monoisotopic (exact) mass is 187 g/mol. The van der Waals surface area contributed by atoms with Gasteiger partial charge in [-0.25, -0.2) is 4.79 Å². The zero-order valence-electron chi connectivity index (χ0n) is 8.26. The van der Waals surface area contributed by atoms with E-state index in [-0.39, 0.29) is 6.04 Å². The van der Waals surface area contributed by atoms with Gasteiger partial charge < -0.3 is 11.1 Å². The molecule has 0 fully saturated rings. The summed E-state index contributed by atoms with van der Waals surface area (Å²) in [5.74, 6) is -0.396. The van der Waals surface area contributed by atoms with Gasteiger partial charge in [0.2, 0.25) is 5.91 Å². The van der Waals surface area contributed by atoms with Crippen molar-refractivity contribution in [1.29, 1.82) is 0 Å². The van der Waals surface area contributed by atoms with E-state index in [0.717, 1.165) is 6.42 Å². The zero-order chi connectivity index (χ0) is 10.4. The highest BCUT2D eigenvalue weighted by molar-refractivity contribution is 5.96. The summed E-state index contributed by atoms with van der Waals surface area (Å²) in [6.45, 7) is 5.66. The number of imide groups is 1. The molecule has 0 aromatic carbocycles. The lowest BCUT2D eigenvalue weighted by Crippen LogP contribution is -2.48. The average molecular weight is 187 g/mol. The number of urea groups is 1. The number of carbonyl (C=O) groups excluding carboxylic acids is 2. The summed E-state index contributed by atoms with van der Waals surface area (Å²) in [6.07, 6.45) is 0.925. The lowest BCUT2D eigenvalue weighted by molar-refractivity contribution is -0.121. The molecule has 0 radical (unpaired) electrons. The number of primary amides is 1. The standard InChI is InChI=1S/C8H17N3O2/c1-4-5(2)10-6(3)7(12)11-8(9)13/h5-6,10H,4H2,1-3H3,(H3,9,11,12,13). The number of amides is 3. The first-order valence-electron chi connectivity index (χ1n) is 4.33. The highest BCUT2D eigenvalue weighted by atomic mass is 16.2. The van der Waals surface area contributed by atoms with Crippen molar-refractivity contribution in [1.82, 2.24) is 10.6 Å². The van der Waals surface area contributed by atoms with Crippen molar-refractivity contribution < 1.29 is 9.59 Å². The molecule has 0 aliphatic rings. The van der Waals surface area contributed by atoms with Crippen molar-refractivity contribution in [3.05, 3.63) is 0 Å². The Morgan fingerprint density at radius 3 is 2.31 bits per heavy atom. The molecule has 2 unspecified atom stereocenters. The lowest BCUT2D eigenvalue weighted by Gasteiger charge is -2.17. The van der Waals surface area contributed by atoms with Gasteiger partial charge in [-0.2, -0.15) is 0 Å². The van der Waals surface area contributed by atoms with E-state index >= 15 is 0 Å². The SMILES string of the molecule is CCC(C)NC(C)C(=O)NC(N)=O. The maximum absolute atomic E-state index is 11.1. The fourth-order valence-electron chi connectivity index (χ4n) is 0.850. The van der Waals surface area contributed by atoms with Crippen molar-refractivity contribution in [3.8, 4) is 0 Å². The minimum Gasteiger partial charge on any atom is -0.351 e. The second kappa shape index (κ2) is 5.53. The van der Waals surface area contributed by atoms with E-state index < -0.39 is 18.0 Å². The molecule has 0 aromatic rings. The van der Waals surface area contributed by atoms with Gasteiger partial charge in [-0.1, -0.05) is 6.92 Å². The number of nitrogens with one attached hydrogen (secondary N) is 2. The molecule has 5 heteroatoms. The summed E-state index contributed by atoms with van der Waals surface area (Å²) in [5, 5.41) is 5.02. The third-order valence-electron chi connectivity index (χ3n) is 1.79. The first-order chi connectivity index (χ1) is 5.97. The van der Waals surface area contributed by atoms with Crippen LogP contribution in [0.15, 0.2) is 0 Å². The van der Waals surface area contributed by atoms with E-state index in [1.54, 1.807) is 6.92 Å². The van der Waals surface area contributed by atoms with E-state index in [2.05, 4.69) is 5.32 Å². The van der Waals surface area contributed by atoms with Gasteiger partial charge in [0.05, 0.1) is 6.04 Å². The molecule has 76 valence electrons. The Bertz CT molecular complexity index is 194. The van der Waals surface area contributed by atoms with Crippen LogP contribution < -0.4 is 16.4 Å². The maximum atomic E-state index is 11.1. The molecule has 0 aliphatic heterocycles. The van der Waals surface area contributed by atoms with Crippen LogP contribution in [-0.2, 0) is 4.79 Å². The molecular weight excluding hydrogens is 170 g/mol. The van der Waals surface area contributed by atoms with Crippen molar-refractivity contribution in [2.75, 3.05) is 0 Å². The minimum atomic E-state index is -0.817. The van der Waals surface area contributed by atoms with Gasteiger partial charge in [0.25, 0.3) is 0 Å². The third-order valence-corrected chi connectivity index (χ3v) is 1.79. The summed E-state index contributed by atoms with van der Waals surface area (Å²) < 4.78 is 0. The molecule has 0 saturated carbocycles. The average Bonchev–Trinajstić information content (AvgIpc) is 2.02. The fraction of sp³-hybridized carbons (Fsp3) is 0.750. The molecular formula is C8H17N3O2. The van der Waals surface area contributed by atoms with Crippen molar-refractivity contribution in [2.45, 2.75) is 39.3 Å². The Kier molecular flexibility index (Phi) is 5.06. The molecule has 0 aromatic heterocycles. The van der Waals surface area contributed by atoms with Gasteiger partial charge in [0.15, 0.2) is 0 Å². The molecule has 13 heavy (non-hydrogen) atoms. The molecule has 5 nitrogen and oxygen atoms in total. The van der Waals surface area contributed by atoms with E-state index in [1.165, 1.54) is 0 Å². The second-order valence-electron chi connectivity index (χ2n) is 3.05. The Morgan fingerprint density at radius 2 is 1.92 bits per heavy atom. The van der Waals surface area contributed by atoms with E-state index in [4.69, 9.17) is 5.73 Å². The third kappa shape index (κ3) is 5.19. The Labute approximate surface area is 78.1 Å². The molecule has 0 saturated heterocycles. The van der Waals surface area contributed by atoms with Gasteiger partial charge in [-0.05, 0) is 20.3 Å². The maximum Gasteiger partial charge on any atom is 0.318 e. The highest BCUT2D eigenvalue weighted by Gasteiger charge is 2.15. The van der Waals surface area contributed by atoms with Crippen LogP contribution in [0.5, 0.6) is 0 Å². The Balaban J connectivity index is 3.89. The van der Waals surface area contributed by atoms with Crippen LogP contribution in [0.1, 0.15) is 27.2 Å². The number of hydrogen-bond acceptors (Lipinski definition) is 3. The van der Waals surface area contributed by atoms with Gasteiger partial charge >= 0.3 is 6.03 Å². The largest absolute Gasteiger partial charge is 0.351 e. The predicted molar refractivity (Wildman–Crippen MR) is 50.1 cm³/mol. The molecule has 0 aliphatic carbocycles. The van der Waals surface area contributed by atoms with Crippen LogP contribution >= 0.6 is 0 Å². The van der Waals surface area contributed by atoms with Crippen molar-refractivity contribution in [3.63, 3.8) is 0 Å². The van der Waals surface area contributed by atoms with Crippen LogP contribution in [0.3, 0.4) is 0 Å². The summed E-state index contributed by atoms with van der Waals surface area (Å²) in [5.41, 5.74) is 4.80. The van der Waals surface area contributed by atoms with Gasteiger partial charge in [-0.15, -0.1) is 0 Å². The molecule has 2 atom stereocenters. The molecule has 0 rings (SSSR count). The fourth-order valence-corrected chi connectivity index (χ4v) is 0.850. The summed E-state index contributed by atoms with van der Waals surface area (Å²) >= 11 is 0. The van der Waals surface area contributed by atoms with Gasteiger partial charge in [-0.3, -0.25) is 10.1 Å². The quantitative estimate of drug-likeness (QED) is 0.577. The molecule has 0 heterocycles. The molecule has 4 N–H and O–H groups in total. The van der Waals surface area contributed by atoms with Crippen LogP contribution in [0, 0.1) is 0 Å². The van der Waals surface area contributed by atoms with Gasteiger partial charge in [0, 0.05) is 6.04 Å². The number of rotatable bonds is 4. The van der Waals surface area contributed by atoms with Crippen molar-refractivity contribution in [2.24, 2.45) is 5.73 Å². The second-order valence-corrected chi connectivity index (χ2v) is 3.05. The Morgan fingerprint density at radius 1 is 1.38 bits per heavy atom. The summed E-state index contributed by atoms with van der Waals surface area (Å²) in [7, 11) is 0. The van der Waals surface area contributed by atoms with Crippen LogP contribution in [0.25, 0.3) is 0 Å². The van der Waals surface area contributed by atoms with E-state index in [0.29, 0.717) is 0 Å². The topological polar surface area (TPSA) is 84.2 Å². The first kappa shape index (κ1) is 11.9. The normalized spacial score (nSPS) is 14.7. The highest BCUT2D eigenvalue weighted by Crippen LogP contribution is 1.91. The van der Waals surface area contributed by atoms with Gasteiger partial charge in [0.1, 0.15) is 0 Å². The smallest absolute Gasteiger partial charge is 0.318 e. The summed E-state index contributed by atoms with van der Waals surface area (Å²) in [4.78, 5) is 21.5. The number of hydrogen-bond donors (Lipinski definition) is 3. The van der Waals surface area contributed by atoms with Crippen LogP contribution in [0.4, 0.5) is 4.79 Å². The number of carbonyl (C=O) groups is 2. The first-order valence-corrected chi connectivity index (χ1v) is 4.33. The van der Waals surface area contributed by atoms with E-state index in [1.807, 2.05) is 19.2 Å². The molecule has 3 amide bonds. The van der Waals surface area contributed by atoms with E-state index in [9.17, 15) is 9.59 Å². The van der Waals surface area contributed by atoms with Crippen LogP contribution in [0.2, 0.25) is 0 Å². The number of nitrogens with two attached hydrogens (primary N) is 1. The minimum absolute atomic E-state index is 0.244. The molecule has 0 bridgehead atoms.